The Kier molecular flexibility index (Phi) is 6.55. The molecule has 0 saturated carbocycles. The number of carboxylic acid groups (broad SMARTS) is 1. The first kappa shape index (κ1) is 21.6. The maximum absolute atomic E-state index is 10.6. The summed E-state index contributed by atoms with van der Waals surface area (Å²) in [5.74, 6) is 0.945. The summed E-state index contributed by atoms with van der Waals surface area (Å²) < 4.78 is 8.17. The van der Waals surface area contributed by atoms with Gasteiger partial charge in [-0.1, -0.05) is 36.4 Å². The van der Waals surface area contributed by atoms with E-state index in [1.165, 1.54) is 11.1 Å². The second-order valence-electron chi connectivity index (χ2n) is 8.11. The zero-order valence-electron chi connectivity index (χ0n) is 18.5. The molecule has 1 aromatic heterocycles. The molecule has 0 fully saturated rings. The number of unbranched alkanes of at least 4 members (excludes halogenated alkanes) is 2. The zero-order valence-corrected chi connectivity index (χ0v) is 18.5. The van der Waals surface area contributed by atoms with Gasteiger partial charge in [0.05, 0.1) is 17.6 Å². The Morgan fingerprint density at radius 2 is 1.75 bits per heavy atom. The van der Waals surface area contributed by atoms with Gasteiger partial charge in [0.1, 0.15) is 11.6 Å². The summed E-state index contributed by atoms with van der Waals surface area (Å²) in [7, 11) is 0. The third kappa shape index (κ3) is 4.83. The predicted molar refractivity (Wildman–Crippen MR) is 128 cm³/mol. The molecule has 1 heterocycles. The quantitative estimate of drug-likeness (QED) is 0.316. The minimum atomic E-state index is -0.745. The van der Waals surface area contributed by atoms with Crippen LogP contribution in [0.5, 0.6) is 5.75 Å². The molecular formula is C27H28N2O3. The molecule has 4 aromatic rings. The third-order valence-corrected chi connectivity index (χ3v) is 5.71. The van der Waals surface area contributed by atoms with Gasteiger partial charge in [-0.25, -0.2) is 4.98 Å². The summed E-state index contributed by atoms with van der Waals surface area (Å²) in [5.41, 5.74) is 6.53. The Balaban J connectivity index is 1.67. The lowest BCUT2D eigenvalue weighted by Gasteiger charge is -2.12. The van der Waals surface area contributed by atoms with Gasteiger partial charge in [0, 0.05) is 23.7 Å². The van der Waals surface area contributed by atoms with Crippen LogP contribution in [0.4, 0.5) is 0 Å². The van der Waals surface area contributed by atoms with E-state index < -0.39 is 5.97 Å². The van der Waals surface area contributed by atoms with Crippen LogP contribution in [0.2, 0.25) is 0 Å². The molecule has 0 radical (unpaired) electrons. The summed E-state index contributed by atoms with van der Waals surface area (Å²) in [6.45, 7) is 4.80. The van der Waals surface area contributed by atoms with Gasteiger partial charge >= 0.3 is 5.97 Å². The Hall–Kier alpha value is -3.60. The van der Waals surface area contributed by atoms with Gasteiger partial charge in [0.25, 0.3) is 0 Å². The molecule has 0 amide bonds. The second-order valence-corrected chi connectivity index (χ2v) is 8.11. The molecule has 0 saturated heterocycles. The summed E-state index contributed by atoms with van der Waals surface area (Å²) in [5, 5.41) is 8.75. The molecule has 3 aromatic carbocycles. The van der Waals surface area contributed by atoms with E-state index in [1.54, 1.807) is 0 Å². The number of carboxylic acids is 1. The number of aryl methyl sites for hydroxylation is 2. The fourth-order valence-corrected chi connectivity index (χ4v) is 3.80. The maximum atomic E-state index is 10.6. The van der Waals surface area contributed by atoms with Crippen molar-refractivity contribution in [2.45, 2.75) is 39.5 Å². The highest BCUT2D eigenvalue weighted by Gasteiger charge is 2.15. The van der Waals surface area contributed by atoms with Crippen molar-refractivity contribution in [2.75, 3.05) is 6.61 Å². The van der Waals surface area contributed by atoms with E-state index in [0.717, 1.165) is 46.7 Å². The maximum Gasteiger partial charge on any atom is 0.303 e. The Bertz CT molecular complexity index is 1230. The molecule has 0 bridgehead atoms. The topological polar surface area (TPSA) is 64.4 Å². The lowest BCUT2D eigenvalue weighted by Crippen LogP contribution is -2.00. The molecule has 0 unspecified atom stereocenters. The monoisotopic (exact) mass is 428 g/mol. The number of aliphatic carboxylic acids is 1. The molecule has 0 aliphatic carbocycles. The highest BCUT2D eigenvalue weighted by Crippen LogP contribution is 2.31. The fraction of sp³-hybridized carbons (Fsp3) is 0.259. The number of hydrogen-bond donors (Lipinski definition) is 1. The van der Waals surface area contributed by atoms with Crippen molar-refractivity contribution in [1.82, 2.24) is 9.55 Å². The summed E-state index contributed by atoms with van der Waals surface area (Å²) in [6.07, 6.45) is 2.56. The molecule has 5 heteroatoms. The average Bonchev–Trinajstić information content (AvgIpc) is 3.17. The number of fused-ring (bicyclic) bond motifs is 1. The van der Waals surface area contributed by atoms with E-state index in [4.69, 9.17) is 14.8 Å². The smallest absolute Gasteiger partial charge is 0.303 e. The van der Waals surface area contributed by atoms with Crippen LogP contribution in [0.15, 0.2) is 66.7 Å². The van der Waals surface area contributed by atoms with Crippen LogP contribution >= 0.6 is 0 Å². The van der Waals surface area contributed by atoms with E-state index in [2.05, 4.69) is 48.7 Å². The highest BCUT2D eigenvalue weighted by molar-refractivity contribution is 5.84. The predicted octanol–water partition coefficient (Wildman–Crippen LogP) is 6.33. The van der Waals surface area contributed by atoms with Gasteiger partial charge in [-0.05, 0) is 68.5 Å². The molecule has 0 aliphatic heterocycles. The molecule has 32 heavy (non-hydrogen) atoms. The highest BCUT2D eigenvalue weighted by atomic mass is 16.5. The van der Waals surface area contributed by atoms with Crippen molar-refractivity contribution in [1.29, 1.82) is 0 Å². The van der Waals surface area contributed by atoms with E-state index in [-0.39, 0.29) is 6.42 Å². The van der Waals surface area contributed by atoms with Crippen molar-refractivity contribution in [3.05, 3.63) is 77.9 Å². The number of aromatic nitrogens is 2. The first-order valence-corrected chi connectivity index (χ1v) is 11.0. The average molecular weight is 429 g/mol. The first-order valence-electron chi connectivity index (χ1n) is 11.0. The Labute approximate surface area is 188 Å². The summed E-state index contributed by atoms with van der Waals surface area (Å²) in [4.78, 5) is 15.6. The number of rotatable bonds is 9. The van der Waals surface area contributed by atoms with E-state index in [9.17, 15) is 4.79 Å². The van der Waals surface area contributed by atoms with Gasteiger partial charge in [-0.15, -0.1) is 0 Å². The van der Waals surface area contributed by atoms with Crippen LogP contribution in [0.25, 0.3) is 28.1 Å². The third-order valence-electron chi connectivity index (χ3n) is 5.71. The van der Waals surface area contributed by atoms with Crippen LogP contribution in [0.3, 0.4) is 0 Å². The number of hydrogen-bond acceptors (Lipinski definition) is 3. The van der Waals surface area contributed by atoms with Crippen LogP contribution in [0, 0.1) is 13.8 Å². The second kappa shape index (κ2) is 9.69. The molecule has 0 spiro atoms. The molecule has 5 nitrogen and oxygen atoms in total. The molecule has 1 N–H and O–H groups in total. The van der Waals surface area contributed by atoms with Crippen LogP contribution in [0.1, 0.15) is 36.8 Å². The lowest BCUT2D eigenvalue weighted by atomic mass is 10.1. The van der Waals surface area contributed by atoms with E-state index in [0.29, 0.717) is 13.0 Å². The van der Waals surface area contributed by atoms with Gasteiger partial charge in [0.2, 0.25) is 0 Å². The summed E-state index contributed by atoms with van der Waals surface area (Å²) >= 11 is 0. The fourth-order valence-electron chi connectivity index (χ4n) is 3.80. The number of carbonyl (C=O) groups is 1. The largest absolute Gasteiger partial charge is 0.494 e. The van der Waals surface area contributed by atoms with Crippen LogP contribution in [-0.4, -0.2) is 27.2 Å². The van der Waals surface area contributed by atoms with E-state index >= 15 is 0 Å². The Morgan fingerprint density at radius 1 is 0.938 bits per heavy atom. The van der Waals surface area contributed by atoms with Gasteiger partial charge in [-0.2, -0.15) is 0 Å². The van der Waals surface area contributed by atoms with Crippen molar-refractivity contribution in [3.8, 4) is 22.8 Å². The standard InChI is InChI=1S/C27H28N2O3/c1-19-12-13-22(17-20(19)2)29-25-18-23(32-16-8-4-7-11-26(30)31)14-15-24(25)28-27(29)21-9-5-3-6-10-21/h3,5-6,9-10,12-15,17-18H,4,7-8,11,16H2,1-2H3,(H,30,31). The number of imidazole rings is 1. The molecule has 164 valence electrons. The normalized spacial score (nSPS) is 11.1. The number of nitrogens with zero attached hydrogens (tertiary/aromatic N) is 2. The first-order chi connectivity index (χ1) is 15.5. The zero-order chi connectivity index (χ0) is 22.5. The molecule has 0 aliphatic rings. The van der Waals surface area contributed by atoms with E-state index in [1.807, 2.05) is 36.4 Å². The number of benzene rings is 3. The molecule has 4 rings (SSSR count). The van der Waals surface area contributed by atoms with Crippen molar-refractivity contribution < 1.29 is 14.6 Å². The minimum absolute atomic E-state index is 0.212. The molecule has 0 atom stereocenters. The Morgan fingerprint density at radius 3 is 2.50 bits per heavy atom. The minimum Gasteiger partial charge on any atom is -0.494 e. The lowest BCUT2D eigenvalue weighted by molar-refractivity contribution is -0.137. The van der Waals surface area contributed by atoms with Gasteiger partial charge in [-0.3, -0.25) is 9.36 Å². The van der Waals surface area contributed by atoms with Crippen LogP contribution < -0.4 is 4.74 Å². The van der Waals surface area contributed by atoms with Gasteiger partial charge < -0.3 is 9.84 Å². The van der Waals surface area contributed by atoms with Gasteiger partial charge in [0.15, 0.2) is 0 Å². The van der Waals surface area contributed by atoms with Crippen molar-refractivity contribution >= 4 is 17.0 Å². The van der Waals surface area contributed by atoms with Crippen molar-refractivity contribution in [3.63, 3.8) is 0 Å². The molecular weight excluding hydrogens is 400 g/mol. The number of ether oxygens (including phenoxy) is 1. The summed E-state index contributed by atoms with van der Waals surface area (Å²) in [6, 6.07) is 22.7. The van der Waals surface area contributed by atoms with Crippen molar-refractivity contribution in [2.24, 2.45) is 0 Å². The SMILES string of the molecule is Cc1ccc(-n2c(-c3ccccc3)nc3ccc(OCCCCCC(=O)O)cc32)cc1C. The van der Waals surface area contributed by atoms with Crippen LogP contribution in [-0.2, 0) is 4.79 Å².